The lowest BCUT2D eigenvalue weighted by molar-refractivity contribution is 0.522. The van der Waals surface area contributed by atoms with Gasteiger partial charge in [0.15, 0.2) is 0 Å². The third-order valence-electron chi connectivity index (χ3n) is 3.10. The van der Waals surface area contributed by atoms with Crippen LogP contribution in [0.4, 0.5) is 0 Å². The molecule has 18 heavy (non-hydrogen) atoms. The molecule has 1 nitrogen and oxygen atoms in total. The van der Waals surface area contributed by atoms with Gasteiger partial charge in [-0.15, -0.1) is 11.3 Å². The third kappa shape index (κ3) is 4.13. The number of thiophene rings is 1. The first kappa shape index (κ1) is 13.6. The van der Waals surface area contributed by atoms with Crippen LogP contribution in [0.15, 0.2) is 41.8 Å². The summed E-state index contributed by atoms with van der Waals surface area (Å²) in [6, 6.07) is 13.0. The van der Waals surface area contributed by atoms with Crippen LogP contribution >= 0.6 is 22.9 Å². The molecule has 0 saturated heterocycles. The standard InChI is InChI=1S/C15H18ClNS/c1-17-14(7-8-15-6-3-9-18-15)11-12-4-2-5-13(16)10-12/h2-6,9-10,14,17H,7-8,11H2,1H3. The van der Waals surface area contributed by atoms with Crippen molar-refractivity contribution in [3.63, 3.8) is 0 Å². The summed E-state index contributed by atoms with van der Waals surface area (Å²) in [6.45, 7) is 0. The number of aryl methyl sites for hydroxylation is 1. The summed E-state index contributed by atoms with van der Waals surface area (Å²) < 4.78 is 0. The molecule has 0 radical (unpaired) electrons. The maximum atomic E-state index is 6.01. The molecule has 0 spiro atoms. The molecule has 1 unspecified atom stereocenters. The number of hydrogen-bond acceptors (Lipinski definition) is 2. The van der Waals surface area contributed by atoms with Crippen molar-refractivity contribution in [2.45, 2.75) is 25.3 Å². The number of nitrogens with one attached hydrogen (secondary N) is 1. The molecule has 96 valence electrons. The van der Waals surface area contributed by atoms with Crippen molar-refractivity contribution < 1.29 is 0 Å². The quantitative estimate of drug-likeness (QED) is 0.837. The minimum Gasteiger partial charge on any atom is -0.317 e. The Balaban J connectivity index is 1.89. The fraction of sp³-hybridized carbons (Fsp3) is 0.333. The molecule has 1 atom stereocenters. The van der Waals surface area contributed by atoms with Crippen LogP contribution in [0.5, 0.6) is 0 Å². The fourth-order valence-electron chi connectivity index (χ4n) is 2.07. The average Bonchev–Trinajstić information content (AvgIpc) is 2.87. The molecule has 0 aliphatic rings. The van der Waals surface area contributed by atoms with E-state index in [1.165, 1.54) is 10.4 Å². The van der Waals surface area contributed by atoms with Gasteiger partial charge in [0.1, 0.15) is 0 Å². The van der Waals surface area contributed by atoms with Crippen LogP contribution in [0.25, 0.3) is 0 Å². The van der Waals surface area contributed by atoms with E-state index >= 15 is 0 Å². The molecule has 0 aliphatic heterocycles. The molecular formula is C15H18ClNS. The Bertz CT molecular complexity index is 467. The number of likely N-dealkylation sites (N-methyl/N-ethyl adjacent to an activating group) is 1. The number of hydrogen-bond donors (Lipinski definition) is 1. The minimum absolute atomic E-state index is 0.505. The van der Waals surface area contributed by atoms with E-state index in [1.807, 2.05) is 30.5 Å². The second-order valence-electron chi connectivity index (χ2n) is 4.44. The van der Waals surface area contributed by atoms with Gasteiger partial charge in [-0.05, 0) is 55.5 Å². The van der Waals surface area contributed by atoms with E-state index in [0.29, 0.717) is 6.04 Å². The van der Waals surface area contributed by atoms with Crippen LogP contribution in [-0.2, 0) is 12.8 Å². The van der Waals surface area contributed by atoms with E-state index in [2.05, 4.69) is 35.0 Å². The minimum atomic E-state index is 0.505. The van der Waals surface area contributed by atoms with E-state index < -0.39 is 0 Å². The zero-order valence-corrected chi connectivity index (χ0v) is 12.1. The normalized spacial score (nSPS) is 12.6. The smallest absolute Gasteiger partial charge is 0.0408 e. The maximum absolute atomic E-state index is 6.01. The zero-order valence-electron chi connectivity index (χ0n) is 10.5. The average molecular weight is 280 g/mol. The van der Waals surface area contributed by atoms with Gasteiger partial charge in [0.2, 0.25) is 0 Å². The van der Waals surface area contributed by atoms with Crippen LogP contribution in [0.3, 0.4) is 0 Å². The van der Waals surface area contributed by atoms with Gasteiger partial charge in [-0.2, -0.15) is 0 Å². The van der Waals surface area contributed by atoms with Crippen molar-refractivity contribution in [3.8, 4) is 0 Å². The first-order chi connectivity index (χ1) is 8.78. The van der Waals surface area contributed by atoms with Crippen LogP contribution < -0.4 is 5.32 Å². The molecule has 3 heteroatoms. The van der Waals surface area contributed by atoms with Crippen LogP contribution in [-0.4, -0.2) is 13.1 Å². The predicted molar refractivity (Wildman–Crippen MR) is 80.6 cm³/mol. The third-order valence-corrected chi connectivity index (χ3v) is 4.27. The number of rotatable bonds is 6. The van der Waals surface area contributed by atoms with Crippen molar-refractivity contribution in [1.29, 1.82) is 0 Å². The lowest BCUT2D eigenvalue weighted by Crippen LogP contribution is -2.28. The van der Waals surface area contributed by atoms with E-state index in [1.54, 1.807) is 0 Å². The van der Waals surface area contributed by atoms with Gasteiger partial charge >= 0.3 is 0 Å². The highest BCUT2D eigenvalue weighted by molar-refractivity contribution is 7.09. The van der Waals surface area contributed by atoms with Gasteiger partial charge in [-0.1, -0.05) is 29.8 Å². The molecule has 2 aromatic rings. The Morgan fingerprint density at radius 2 is 2.17 bits per heavy atom. The molecule has 1 aromatic carbocycles. The summed E-state index contributed by atoms with van der Waals surface area (Å²) in [7, 11) is 2.03. The van der Waals surface area contributed by atoms with Gasteiger partial charge < -0.3 is 5.32 Å². The van der Waals surface area contributed by atoms with Crippen LogP contribution in [0, 0.1) is 0 Å². The molecule has 1 N–H and O–H groups in total. The SMILES string of the molecule is CNC(CCc1cccs1)Cc1cccc(Cl)c1. The van der Waals surface area contributed by atoms with E-state index in [9.17, 15) is 0 Å². The lowest BCUT2D eigenvalue weighted by Gasteiger charge is -2.16. The fourth-order valence-corrected chi connectivity index (χ4v) is 3.01. The Hall–Kier alpha value is -0.830. The lowest BCUT2D eigenvalue weighted by atomic mass is 10.0. The molecule has 0 saturated carbocycles. The number of halogens is 1. The second kappa shape index (κ2) is 6.93. The molecule has 0 amide bonds. The van der Waals surface area contributed by atoms with Crippen molar-refractivity contribution in [2.24, 2.45) is 0 Å². The van der Waals surface area contributed by atoms with Gasteiger partial charge in [-0.25, -0.2) is 0 Å². The molecule has 1 aromatic heterocycles. The Morgan fingerprint density at radius 3 is 2.83 bits per heavy atom. The summed E-state index contributed by atoms with van der Waals surface area (Å²) in [5.74, 6) is 0. The summed E-state index contributed by atoms with van der Waals surface area (Å²) >= 11 is 7.85. The molecule has 0 aliphatic carbocycles. The monoisotopic (exact) mass is 279 g/mol. The summed E-state index contributed by atoms with van der Waals surface area (Å²) in [4.78, 5) is 1.46. The van der Waals surface area contributed by atoms with Crippen LogP contribution in [0.1, 0.15) is 16.9 Å². The first-order valence-electron chi connectivity index (χ1n) is 6.22. The largest absolute Gasteiger partial charge is 0.317 e. The van der Waals surface area contributed by atoms with E-state index in [0.717, 1.165) is 24.3 Å². The van der Waals surface area contributed by atoms with Gasteiger partial charge in [0.05, 0.1) is 0 Å². The highest BCUT2D eigenvalue weighted by atomic mass is 35.5. The summed E-state index contributed by atoms with van der Waals surface area (Å²) in [5.41, 5.74) is 1.30. The van der Waals surface area contributed by atoms with E-state index in [4.69, 9.17) is 11.6 Å². The van der Waals surface area contributed by atoms with E-state index in [-0.39, 0.29) is 0 Å². The molecule has 0 bridgehead atoms. The maximum Gasteiger partial charge on any atom is 0.0408 e. The molecular weight excluding hydrogens is 262 g/mol. The van der Waals surface area contributed by atoms with Crippen molar-refractivity contribution in [3.05, 3.63) is 57.2 Å². The molecule has 1 heterocycles. The summed E-state index contributed by atoms with van der Waals surface area (Å²) in [5, 5.41) is 6.35. The predicted octanol–water partition coefficient (Wildman–Crippen LogP) is 4.16. The Kier molecular flexibility index (Phi) is 5.24. The zero-order chi connectivity index (χ0) is 12.8. The Morgan fingerprint density at radius 1 is 1.28 bits per heavy atom. The summed E-state index contributed by atoms with van der Waals surface area (Å²) in [6.07, 6.45) is 3.33. The van der Waals surface area contributed by atoms with Gasteiger partial charge in [-0.3, -0.25) is 0 Å². The highest BCUT2D eigenvalue weighted by Gasteiger charge is 2.08. The van der Waals surface area contributed by atoms with Gasteiger partial charge in [0.25, 0.3) is 0 Å². The first-order valence-corrected chi connectivity index (χ1v) is 7.48. The van der Waals surface area contributed by atoms with Crippen molar-refractivity contribution in [2.75, 3.05) is 7.05 Å². The van der Waals surface area contributed by atoms with Gasteiger partial charge in [0, 0.05) is 15.9 Å². The van der Waals surface area contributed by atoms with Crippen molar-refractivity contribution in [1.82, 2.24) is 5.32 Å². The Labute approximate surface area is 118 Å². The molecule has 2 rings (SSSR count). The van der Waals surface area contributed by atoms with Crippen molar-refractivity contribution >= 4 is 22.9 Å². The van der Waals surface area contributed by atoms with Crippen LogP contribution in [0.2, 0.25) is 5.02 Å². The second-order valence-corrected chi connectivity index (χ2v) is 5.91. The number of benzene rings is 1. The highest BCUT2D eigenvalue weighted by Crippen LogP contribution is 2.16. The topological polar surface area (TPSA) is 12.0 Å². The molecule has 0 fully saturated rings.